The van der Waals surface area contributed by atoms with Crippen molar-refractivity contribution in [3.05, 3.63) is 0 Å². The fourth-order valence-electron chi connectivity index (χ4n) is 0.689. The van der Waals surface area contributed by atoms with E-state index in [2.05, 4.69) is 5.32 Å². The molecular weight excluding hydrogens is 207 g/mol. The maximum Gasteiger partial charge on any atom is 0.347 e. The monoisotopic (exact) mass is 224 g/mol. The van der Waals surface area contributed by atoms with Crippen LogP contribution in [0.4, 0.5) is 0 Å². The third-order valence-electron chi connectivity index (χ3n) is 1.88. The van der Waals surface area contributed by atoms with Crippen molar-refractivity contribution >= 4 is 13.5 Å². The molecule has 7 heteroatoms. The van der Waals surface area contributed by atoms with Crippen LogP contribution in [0.2, 0.25) is 0 Å². The molecule has 5 N–H and O–H groups in total. The molecule has 0 saturated heterocycles. The normalized spacial score (nSPS) is 16.5. The van der Waals surface area contributed by atoms with E-state index in [1.807, 2.05) is 0 Å². The number of nitrogens with two attached hydrogens (primary N) is 1. The SMILES string of the molecule is CC(C)[C@H](N)C(=O)NC(C)P(=O)(O)O. The van der Waals surface area contributed by atoms with E-state index in [-0.39, 0.29) is 5.92 Å². The zero-order valence-corrected chi connectivity index (χ0v) is 9.36. The molecule has 0 rings (SSSR count). The van der Waals surface area contributed by atoms with Crippen LogP contribution in [0.3, 0.4) is 0 Å². The average molecular weight is 224 g/mol. The molecule has 0 aliphatic carbocycles. The highest BCUT2D eigenvalue weighted by Crippen LogP contribution is 2.39. The lowest BCUT2D eigenvalue weighted by molar-refractivity contribution is -0.123. The van der Waals surface area contributed by atoms with Crippen LogP contribution >= 0.6 is 7.60 Å². The number of hydrogen-bond acceptors (Lipinski definition) is 3. The molecule has 0 spiro atoms. The van der Waals surface area contributed by atoms with Crippen LogP contribution in [0.25, 0.3) is 0 Å². The molecule has 2 atom stereocenters. The average Bonchev–Trinajstić information content (AvgIpc) is 2.00. The van der Waals surface area contributed by atoms with Crippen LogP contribution < -0.4 is 11.1 Å². The highest BCUT2D eigenvalue weighted by Gasteiger charge is 2.28. The van der Waals surface area contributed by atoms with Crippen molar-refractivity contribution in [3.63, 3.8) is 0 Å². The standard InChI is InChI=1S/C7H17N2O4P/c1-4(2)6(8)7(10)9-5(3)14(11,12)13/h4-6H,8H2,1-3H3,(H,9,10)(H2,11,12,13)/t5?,6-/m0/s1. The Hall–Kier alpha value is -0.420. The predicted octanol–water partition coefficient (Wildman–Crippen LogP) is -0.390. The van der Waals surface area contributed by atoms with E-state index >= 15 is 0 Å². The Balaban J connectivity index is 4.27. The zero-order chi connectivity index (χ0) is 11.5. The third kappa shape index (κ3) is 4.19. The van der Waals surface area contributed by atoms with Crippen LogP contribution in [0, 0.1) is 5.92 Å². The minimum atomic E-state index is -4.27. The van der Waals surface area contributed by atoms with Crippen LogP contribution in [-0.2, 0) is 9.36 Å². The van der Waals surface area contributed by atoms with Crippen molar-refractivity contribution in [1.82, 2.24) is 5.32 Å². The van der Waals surface area contributed by atoms with Gasteiger partial charge in [0.2, 0.25) is 5.91 Å². The van der Waals surface area contributed by atoms with E-state index in [0.717, 1.165) is 0 Å². The van der Waals surface area contributed by atoms with Crippen molar-refractivity contribution in [2.24, 2.45) is 11.7 Å². The van der Waals surface area contributed by atoms with Crippen LogP contribution in [-0.4, -0.2) is 27.5 Å². The van der Waals surface area contributed by atoms with Gasteiger partial charge in [0.1, 0.15) is 5.78 Å². The largest absolute Gasteiger partial charge is 0.347 e. The second kappa shape index (κ2) is 4.89. The highest BCUT2D eigenvalue weighted by atomic mass is 31.2. The molecule has 0 bridgehead atoms. The van der Waals surface area contributed by atoms with E-state index < -0.39 is 25.3 Å². The number of nitrogens with one attached hydrogen (secondary N) is 1. The topological polar surface area (TPSA) is 113 Å². The molecule has 0 heterocycles. The maximum absolute atomic E-state index is 11.3. The Morgan fingerprint density at radius 2 is 1.79 bits per heavy atom. The molecule has 0 aliphatic rings. The molecule has 0 aliphatic heterocycles. The number of carbonyl (C=O) groups excluding carboxylic acids is 1. The minimum Gasteiger partial charge on any atom is -0.341 e. The van der Waals surface area contributed by atoms with Gasteiger partial charge in [-0.05, 0) is 12.8 Å². The first-order valence-electron chi connectivity index (χ1n) is 4.27. The van der Waals surface area contributed by atoms with Gasteiger partial charge in [-0.25, -0.2) is 0 Å². The number of hydrogen-bond donors (Lipinski definition) is 4. The fraction of sp³-hybridized carbons (Fsp3) is 0.857. The summed E-state index contributed by atoms with van der Waals surface area (Å²) in [5.74, 6) is -1.81. The van der Waals surface area contributed by atoms with Gasteiger partial charge in [0, 0.05) is 0 Å². The first-order chi connectivity index (χ1) is 6.16. The van der Waals surface area contributed by atoms with Crippen molar-refractivity contribution in [3.8, 4) is 0 Å². The highest BCUT2D eigenvalue weighted by molar-refractivity contribution is 7.52. The summed E-state index contributed by atoms with van der Waals surface area (Å²) >= 11 is 0. The van der Waals surface area contributed by atoms with Crippen LogP contribution in [0.15, 0.2) is 0 Å². The van der Waals surface area contributed by atoms with E-state index in [1.54, 1.807) is 13.8 Å². The molecule has 1 unspecified atom stereocenters. The zero-order valence-electron chi connectivity index (χ0n) is 8.47. The minimum absolute atomic E-state index is 0.0704. The van der Waals surface area contributed by atoms with Crippen LogP contribution in [0.1, 0.15) is 20.8 Å². The summed E-state index contributed by atoms with van der Waals surface area (Å²) in [6, 6.07) is -0.746. The maximum atomic E-state index is 11.3. The molecule has 0 aromatic carbocycles. The van der Waals surface area contributed by atoms with Crippen molar-refractivity contribution in [2.45, 2.75) is 32.6 Å². The Morgan fingerprint density at radius 3 is 2.07 bits per heavy atom. The third-order valence-corrected chi connectivity index (χ3v) is 3.01. The molecule has 0 aromatic rings. The van der Waals surface area contributed by atoms with Crippen molar-refractivity contribution in [2.75, 3.05) is 0 Å². The van der Waals surface area contributed by atoms with Gasteiger partial charge in [-0.15, -0.1) is 0 Å². The van der Waals surface area contributed by atoms with Crippen LogP contribution in [0.5, 0.6) is 0 Å². The van der Waals surface area contributed by atoms with Gasteiger partial charge in [0.25, 0.3) is 0 Å². The van der Waals surface area contributed by atoms with Gasteiger partial charge in [0.05, 0.1) is 6.04 Å². The summed E-state index contributed by atoms with van der Waals surface area (Å²) in [7, 11) is -4.27. The summed E-state index contributed by atoms with van der Waals surface area (Å²) < 4.78 is 10.7. The van der Waals surface area contributed by atoms with Crippen molar-refractivity contribution in [1.29, 1.82) is 0 Å². The molecule has 0 saturated carbocycles. The quantitative estimate of drug-likeness (QED) is 0.486. The predicted molar refractivity (Wildman–Crippen MR) is 52.5 cm³/mol. The Bertz CT molecular complexity index is 250. The van der Waals surface area contributed by atoms with Gasteiger partial charge in [-0.2, -0.15) is 0 Å². The van der Waals surface area contributed by atoms with Gasteiger partial charge < -0.3 is 20.8 Å². The van der Waals surface area contributed by atoms with Gasteiger partial charge in [0.15, 0.2) is 0 Å². The molecule has 84 valence electrons. The number of amides is 1. The Kier molecular flexibility index (Phi) is 4.74. The summed E-state index contributed by atoms with van der Waals surface area (Å²) in [5.41, 5.74) is 5.49. The smallest absolute Gasteiger partial charge is 0.341 e. The first-order valence-corrected chi connectivity index (χ1v) is 5.95. The lowest BCUT2D eigenvalue weighted by Crippen LogP contribution is -2.46. The lowest BCUT2D eigenvalue weighted by Gasteiger charge is -2.20. The lowest BCUT2D eigenvalue weighted by atomic mass is 10.1. The van der Waals surface area contributed by atoms with Crippen molar-refractivity contribution < 1.29 is 19.1 Å². The first kappa shape index (κ1) is 13.6. The van der Waals surface area contributed by atoms with E-state index in [0.29, 0.717) is 0 Å². The summed E-state index contributed by atoms with van der Waals surface area (Å²) in [5, 5.41) is 2.17. The second-order valence-corrected chi connectivity index (χ2v) is 5.50. The van der Waals surface area contributed by atoms with Gasteiger partial charge in [-0.1, -0.05) is 13.8 Å². The molecule has 0 radical (unpaired) electrons. The molecule has 14 heavy (non-hydrogen) atoms. The summed E-state index contributed by atoms with van der Waals surface area (Å²) in [4.78, 5) is 28.7. The number of rotatable bonds is 4. The second-order valence-electron chi connectivity index (χ2n) is 3.54. The Morgan fingerprint density at radius 1 is 1.36 bits per heavy atom. The number of carbonyl (C=O) groups is 1. The fourth-order valence-corrected chi connectivity index (χ4v) is 0.984. The van der Waals surface area contributed by atoms with E-state index in [4.69, 9.17) is 15.5 Å². The summed E-state index contributed by atoms with van der Waals surface area (Å²) in [6.07, 6.45) is 0. The van der Waals surface area contributed by atoms with E-state index in [9.17, 15) is 9.36 Å². The molecule has 1 amide bonds. The van der Waals surface area contributed by atoms with Gasteiger partial charge >= 0.3 is 7.60 Å². The molecular formula is C7H17N2O4P. The molecule has 6 nitrogen and oxygen atoms in total. The summed E-state index contributed by atoms with van der Waals surface area (Å²) in [6.45, 7) is 4.75. The molecule has 0 fully saturated rings. The van der Waals surface area contributed by atoms with Gasteiger partial charge in [-0.3, -0.25) is 9.36 Å². The Labute approximate surface area is 83.0 Å². The molecule has 0 aromatic heterocycles. The van der Waals surface area contributed by atoms with E-state index in [1.165, 1.54) is 6.92 Å².